The van der Waals surface area contributed by atoms with Gasteiger partial charge in [0.1, 0.15) is 0 Å². The van der Waals surface area contributed by atoms with E-state index in [0.29, 0.717) is 11.6 Å². The molecule has 1 spiro atoms. The predicted molar refractivity (Wildman–Crippen MR) is 82.8 cm³/mol. The van der Waals surface area contributed by atoms with Crippen LogP contribution in [0.3, 0.4) is 0 Å². The van der Waals surface area contributed by atoms with Crippen LogP contribution >= 0.6 is 0 Å². The standard InChI is InChI=1S/C17H27N3/c1-15-12-19-17(8-3-2-4-9-17)14-20(15)11-7-16-6-5-10-18-13-16/h5-6,10,13,15,19H,2-4,7-9,11-12,14H2,1H3. The van der Waals surface area contributed by atoms with E-state index in [-0.39, 0.29) is 0 Å². The maximum Gasteiger partial charge on any atom is 0.0309 e. The smallest absolute Gasteiger partial charge is 0.0309 e. The van der Waals surface area contributed by atoms with Crippen molar-refractivity contribution >= 4 is 0 Å². The van der Waals surface area contributed by atoms with Crippen LogP contribution in [0.1, 0.15) is 44.6 Å². The lowest BCUT2D eigenvalue weighted by molar-refractivity contribution is 0.0637. The number of nitrogens with zero attached hydrogens (tertiary/aromatic N) is 2. The number of aromatic nitrogens is 1. The Labute approximate surface area is 122 Å². The molecule has 1 aliphatic carbocycles. The Balaban J connectivity index is 1.59. The topological polar surface area (TPSA) is 28.2 Å². The minimum absolute atomic E-state index is 0.416. The summed E-state index contributed by atoms with van der Waals surface area (Å²) >= 11 is 0. The molecule has 1 saturated carbocycles. The van der Waals surface area contributed by atoms with Crippen LogP contribution in [0.15, 0.2) is 24.5 Å². The van der Waals surface area contributed by atoms with Crippen LogP contribution in [0, 0.1) is 0 Å². The summed E-state index contributed by atoms with van der Waals surface area (Å²) in [5, 5.41) is 3.86. The molecule has 2 aliphatic rings. The van der Waals surface area contributed by atoms with Crippen molar-refractivity contribution in [3.8, 4) is 0 Å². The van der Waals surface area contributed by atoms with Gasteiger partial charge in [-0.3, -0.25) is 9.88 Å². The van der Waals surface area contributed by atoms with Gasteiger partial charge in [-0.15, -0.1) is 0 Å². The zero-order chi connectivity index (χ0) is 13.8. The van der Waals surface area contributed by atoms with Gasteiger partial charge in [-0.1, -0.05) is 25.3 Å². The van der Waals surface area contributed by atoms with Gasteiger partial charge in [-0.25, -0.2) is 0 Å². The fourth-order valence-electron chi connectivity index (χ4n) is 3.78. The quantitative estimate of drug-likeness (QED) is 0.917. The van der Waals surface area contributed by atoms with Crippen LogP contribution in [-0.4, -0.2) is 41.1 Å². The lowest BCUT2D eigenvalue weighted by Gasteiger charge is -2.49. The number of piperazine rings is 1. The summed E-state index contributed by atoms with van der Waals surface area (Å²) in [6, 6.07) is 4.88. The molecular formula is C17H27N3. The monoisotopic (exact) mass is 273 g/mol. The second-order valence-corrected chi connectivity index (χ2v) is 6.65. The molecule has 1 aromatic rings. The van der Waals surface area contributed by atoms with Crippen molar-refractivity contribution in [1.29, 1.82) is 0 Å². The minimum Gasteiger partial charge on any atom is -0.308 e. The Bertz CT molecular complexity index is 412. The fourth-order valence-corrected chi connectivity index (χ4v) is 3.78. The molecule has 2 heterocycles. The maximum atomic E-state index is 4.22. The third-order valence-corrected chi connectivity index (χ3v) is 5.12. The number of pyridine rings is 1. The van der Waals surface area contributed by atoms with Crippen molar-refractivity contribution in [1.82, 2.24) is 15.2 Å². The molecule has 1 atom stereocenters. The van der Waals surface area contributed by atoms with Gasteiger partial charge in [0.15, 0.2) is 0 Å². The first-order valence-electron chi connectivity index (χ1n) is 8.15. The fraction of sp³-hybridized carbons (Fsp3) is 0.706. The molecule has 1 N–H and O–H groups in total. The summed E-state index contributed by atoms with van der Waals surface area (Å²) in [6.07, 6.45) is 11.9. The average molecular weight is 273 g/mol. The van der Waals surface area contributed by atoms with Crippen LogP contribution in [0.25, 0.3) is 0 Å². The van der Waals surface area contributed by atoms with Crippen molar-refractivity contribution in [2.24, 2.45) is 0 Å². The lowest BCUT2D eigenvalue weighted by atomic mass is 9.79. The number of hydrogen-bond donors (Lipinski definition) is 1. The first kappa shape index (κ1) is 14.0. The van der Waals surface area contributed by atoms with Crippen molar-refractivity contribution < 1.29 is 0 Å². The van der Waals surface area contributed by atoms with Gasteiger partial charge < -0.3 is 5.32 Å². The Kier molecular flexibility index (Phi) is 4.37. The first-order valence-corrected chi connectivity index (χ1v) is 8.15. The van der Waals surface area contributed by atoms with Gasteiger partial charge in [-0.2, -0.15) is 0 Å². The third-order valence-electron chi connectivity index (χ3n) is 5.12. The van der Waals surface area contributed by atoms with E-state index in [9.17, 15) is 0 Å². The maximum absolute atomic E-state index is 4.22. The van der Waals surface area contributed by atoms with E-state index >= 15 is 0 Å². The van der Waals surface area contributed by atoms with Gasteiger partial charge in [0.25, 0.3) is 0 Å². The van der Waals surface area contributed by atoms with E-state index in [2.05, 4.69) is 28.2 Å². The van der Waals surface area contributed by atoms with Gasteiger partial charge in [0.2, 0.25) is 0 Å². The second-order valence-electron chi connectivity index (χ2n) is 6.65. The molecule has 0 aromatic carbocycles. The number of nitrogens with one attached hydrogen (secondary N) is 1. The molecule has 1 aromatic heterocycles. The normalized spacial score (nSPS) is 26.8. The Morgan fingerprint density at radius 3 is 2.95 bits per heavy atom. The zero-order valence-corrected chi connectivity index (χ0v) is 12.6. The Morgan fingerprint density at radius 1 is 1.35 bits per heavy atom. The highest BCUT2D eigenvalue weighted by Crippen LogP contribution is 2.31. The van der Waals surface area contributed by atoms with E-state index in [4.69, 9.17) is 0 Å². The Morgan fingerprint density at radius 2 is 2.20 bits per heavy atom. The molecule has 0 radical (unpaired) electrons. The van der Waals surface area contributed by atoms with E-state index in [1.54, 1.807) is 0 Å². The molecule has 3 heteroatoms. The molecule has 0 bridgehead atoms. The highest BCUT2D eigenvalue weighted by molar-refractivity contribution is 5.09. The third kappa shape index (κ3) is 3.21. The average Bonchev–Trinajstić information content (AvgIpc) is 2.50. The largest absolute Gasteiger partial charge is 0.308 e. The molecule has 110 valence electrons. The summed E-state index contributed by atoms with van der Waals surface area (Å²) in [6.45, 7) is 5.89. The van der Waals surface area contributed by atoms with E-state index < -0.39 is 0 Å². The van der Waals surface area contributed by atoms with Crippen molar-refractivity contribution in [3.63, 3.8) is 0 Å². The molecule has 1 saturated heterocycles. The molecule has 3 nitrogen and oxygen atoms in total. The first-order chi connectivity index (χ1) is 9.77. The van der Waals surface area contributed by atoms with Crippen molar-refractivity contribution in [3.05, 3.63) is 30.1 Å². The lowest BCUT2D eigenvalue weighted by Crippen LogP contribution is -2.64. The van der Waals surface area contributed by atoms with Crippen LogP contribution in [-0.2, 0) is 6.42 Å². The number of rotatable bonds is 3. The molecule has 2 fully saturated rings. The number of hydrogen-bond acceptors (Lipinski definition) is 3. The van der Waals surface area contributed by atoms with E-state index in [0.717, 1.165) is 19.5 Å². The van der Waals surface area contributed by atoms with Crippen molar-refractivity contribution in [2.75, 3.05) is 19.6 Å². The van der Waals surface area contributed by atoms with E-state index in [1.807, 2.05) is 18.5 Å². The van der Waals surface area contributed by atoms with Crippen LogP contribution in [0.5, 0.6) is 0 Å². The highest BCUT2D eigenvalue weighted by Gasteiger charge is 2.38. The SMILES string of the molecule is CC1CNC2(CCCCC2)CN1CCc1cccnc1. The van der Waals surface area contributed by atoms with Crippen LogP contribution < -0.4 is 5.32 Å². The van der Waals surface area contributed by atoms with Gasteiger partial charge in [0, 0.05) is 43.6 Å². The van der Waals surface area contributed by atoms with Gasteiger partial charge >= 0.3 is 0 Å². The van der Waals surface area contributed by atoms with Gasteiger partial charge in [-0.05, 0) is 37.8 Å². The summed E-state index contributed by atoms with van der Waals surface area (Å²) in [4.78, 5) is 6.91. The molecule has 20 heavy (non-hydrogen) atoms. The molecular weight excluding hydrogens is 246 g/mol. The molecule has 3 rings (SSSR count). The van der Waals surface area contributed by atoms with Crippen LogP contribution in [0.2, 0.25) is 0 Å². The minimum atomic E-state index is 0.416. The van der Waals surface area contributed by atoms with E-state index in [1.165, 1.54) is 44.2 Å². The highest BCUT2D eigenvalue weighted by atomic mass is 15.2. The summed E-state index contributed by atoms with van der Waals surface area (Å²) in [5.74, 6) is 0. The predicted octanol–water partition coefficient (Wildman–Crippen LogP) is 2.62. The van der Waals surface area contributed by atoms with Crippen LogP contribution in [0.4, 0.5) is 0 Å². The Hall–Kier alpha value is -0.930. The molecule has 0 amide bonds. The summed E-state index contributed by atoms with van der Waals surface area (Å²) < 4.78 is 0. The van der Waals surface area contributed by atoms with Crippen molar-refractivity contribution in [2.45, 2.75) is 57.0 Å². The summed E-state index contributed by atoms with van der Waals surface area (Å²) in [7, 11) is 0. The summed E-state index contributed by atoms with van der Waals surface area (Å²) in [5.41, 5.74) is 1.77. The zero-order valence-electron chi connectivity index (χ0n) is 12.6. The molecule has 1 unspecified atom stereocenters. The molecule has 1 aliphatic heterocycles. The second kappa shape index (κ2) is 6.23. The van der Waals surface area contributed by atoms with Gasteiger partial charge in [0.05, 0.1) is 0 Å².